The summed E-state index contributed by atoms with van der Waals surface area (Å²) in [5.41, 5.74) is 2.37. The number of halogens is 4. The Balaban J connectivity index is 1.87. The Kier molecular flexibility index (Phi) is 3.50. The van der Waals surface area contributed by atoms with Gasteiger partial charge in [0.25, 0.3) is 0 Å². The van der Waals surface area contributed by atoms with Crippen LogP contribution in [0.2, 0.25) is 0 Å². The lowest BCUT2D eigenvalue weighted by Gasteiger charge is -2.29. The molecule has 0 bridgehead atoms. The molecule has 0 spiro atoms. The number of hydrogen-bond acceptors (Lipinski definition) is 3. The molecule has 0 fully saturated rings. The van der Waals surface area contributed by atoms with Crippen LogP contribution in [0.5, 0.6) is 0 Å². The SMILES string of the molecule is FC(F)(F)c1cnc(N2CCc3cccc(Br)c3C2)s1. The van der Waals surface area contributed by atoms with Crippen LogP contribution in [0.15, 0.2) is 28.9 Å². The molecule has 0 N–H and O–H groups in total. The maximum Gasteiger partial charge on any atom is 0.427 e. The molecule has 20 heavy (non-hydrogen) atoms. The molecule has 3 rings (SSSR count). The third kappa shape index (κ3) is 2.56. The first kappa shape index (κ1) is 13.9. The minimum absolute atomic E-state index is 0.429. The Bertz CT molecular complexity index is 639. The highest BCUT2D eigenvalue weighted by Crippen LogP contribution is 2.38. The molecule has 2 nitrogen and oxygen atoms in total. The van der Waals surface area contributed by atoms with Crippen LogP contribution in [0.1, 0.15) is 16.0 Å². The van der Waals surface area contributed by atoms with Gasteiger partial charge in [0.05, 0.1) is 6.20 Å². The molecule has 1 aromatic heterocycles. The first-order chi connectivity index (χ1) is 9.45. The molecule has 0 radical (unpaired) electrons. The van der Waals surface area contributed by atoms with Crippen LogP contribution >= 0.6 is 27.3 Å². The summed E-state index contributed by atoms with van der Waals surface area (Å²) in [7, 11) is 0. The molecule has 2 aromatic rings. The molecule has 0 saturated heterocycles. The van der Waals surface area contributed by atoms with E-state index in [1.54, 1.807) is 0 Å². The molecule has 0 atom stereocenters. The zero-order chi connectivity index (χ0) is 14.3. The Morgan fingerprint density at radius 1 is 1.30 bits per heavy atom. The molecule has 0 unspecified atom stereocenters. The number of alkyl halides is 3. The fraction of sp³-hybridized carbons (Fsp3) is 0.308. The van der Waals surface area contributed by atoms with Gasteiger partial charge in [0.1, 0.15) is 4.88 Å². The predicted octanol–water partition coefficient (Wildman–Crippen LogP) is 4.49. The van der Waals surface area contributed by atoms with Crippen LogP contribution in [0.4, 0.5) is 18.3 Å². The summed E-state index contributed by atoms with van der Waals surface area (Å²) >= 11 is 4.20. The molecule has 1 aliphatic heterocycles. The van der Waals surface area contributed by atoms with Crippen molar-refractivity contribution in [1.29, 1.82) is 0 Å². The first-order valence-corrected chi connectivity index (χ1v) is 7.60. The second kappa shape index (κ2) is 5.04. The standard InChI is InChI=1S/C13H10BrF3N2S/c14-10-3-1-2-8-4-5-19(7-9(8)10)12-18-6-11(20-12)13(15,16)17/h1-3,6H,4-5,7H2. The van der Waals surface area contributed by atoms with Gasteiger partial charge in [0.2, 0.25) is 0 Å². The Morgan fingerprint density at radius 2 is 2.10 bits per heavy atom. The highest BCUT2D eigenvalue weighted by Gasteiger charge is 2.34. The van der Waals surface area contributed by atoms with Gasteiger partial charge in [-0.25, -0.2) is 4.98 Å². The van der Waals surface area contributed by atoms with Gasteiger partial charge in [-0.2, -0.15) is 13.2 Å². The molecule has 1 aromatic carbocycles. The molecule has 0 amide bonds. The number of thiazole rings is 1. The smallest absolute Gasteiger partial charge is 0.343 e. The number of nitrogens with zero attached hydrogens (tertiary/aromatic N) is 2. The van der Waals surface area contributed by atoms with E-state index in [1.807, 2.05) is 17.0 Å². The first-order valence-electron chi connectivity index (χ1n) is 5.99. The number of benzene rings is 1. The summed E-state index contributed by atoms with van der Waals surface area (Å²) in [6.07, 6.45) is -2.59. The van der Waals surface area contributed by atoms with Gasteiger partial charge in [-0.3, -0.25) is 0 Å². The number of aromatic nitrogens is 1. The molecule has 1 aliphatic rings. The van der Waals surface area contributed by atoms with Crippen LogP contribution in [0.3, 0.4) is 0 Å². The molecule has 106 valence electrons. The summed E-state index contributed by atoms with van der Waals surface area (Å²) in [6.45, 7) is 1.27. The Morgan fingerprint density at radius 3 is 2.80 bits per heavy atom. The fourth-order valence-electron chi connectivity index (χ4n) is 2.25. The van der Waals surface area contributed by atoms with Gasteiger partial charge in [0, 0.05) is 17.6 Å². The van der Waals surface area contributed by atoms with Crippen molar-refractivity contribution in [3.63, 3.8) is 0 Å². The van der Waals surface area contributed by atoms with Crippen molar-refractivity contribution >= 4 is 32.4 Å². The van der Waals surface area contributed by atoms with Gasteiger partial charge in [-0.05, 0) is 23.6 Å². The Hall–Kier alpha value is -1.08. The van der Waals surface area contributed by atoms with Gasteiger partial charge >= 0.3 is 6.18 Å². The molecule has 0 aliphatic carbocycles. The number of fused-ring (bicyclic) bond motifs is 1. The quantitative estimate of drug-likeness (QED) is 0.742. The van der Waals surface area contributed by atoms with Crippen molar-refractivity contribution in [1.82, 2.24) is 4.98 Å². The van der Waals surface area contributed by atoms with E-state index < -0.39 is 11.1 Å². The number of rotatable bonds is 1. The second-order valence-electron chi connectivity index (χ2n) is 4.55. The van der Waals surface area contributed by atoms with Gasteiger partial charge in [-0.1, -0.05) is 39.4 Å². The largest absolute Gasteiger partial charge is 0.427 e. The summed E-state index contributed by atoms with van der Waals surface area (Å²) < 4.78 is 38.8. The van der Waals surface area contributed by atoms with E-state index in [9.17, 15) is 13.2 Å². The third-order valence-electron chi connectivity index (χ3n) is 3.26. The van der Waals surface area contributed by atoms with Crippen molar-refractivity contribution in [2.24, 2.45) is 0 Å². The van der Waals surface area contributed by atoms with Gasteiger partial charge in [-0.15, -0.1) is 0 Å². The molecular formula is C13H10BrF3N2S. The van der Waals surface area contributed by atoms with Crippen LogP contribution in [0, 0.1) is 0 Å². The van der Waals surface area contributed by atoms with E-state index in [0.29, 0.717) is 29.6 Å². The van der Waals surface area contributed by atoms with Crippen LogP contribution in [0.25, 0.3) is 0 Å². The topological polar surface area (TPSA) is 16.1 Å². The van der Waals surface area contributed by atoms with Crippen LogP contribution < -0.4 is 4.90 Å². The number of anilines is 1. The lowest BCUT2D eigenvalue weighted by atomic mass is 10.0. The highest BCUT2D eigenvalue weighted by molar-refractivity contribution is 9.10. The van der Waals surface area contributed by atoms with Crippen LogP contribution in [-0.4, -0.2) is 11.5 Å². The minimum atomic E-state index is -4.32. The van der Waals surface area contributed by atoms with E-state index in [-0.39, 0.29) is 0 Å². The summed E-state index contributed by atoms with van der Waals surface area (Å²) in [6, 6.07) is 5.98. The zero-order valence-corrected chi connectivity index (χ0v) is 12.6. The van der Waals surface area contributed by atoms with Crippen molar-refractivity contribution in [2.45, 2.75) is 19.1 Å². The van der Waals surface area contributed by atoms with Crippen molar-refractivity contribution in [3.05, 3.63) is 44.9 Å². The lowest BCUT2D eigenvalue weighted by molar-refractivity contribution is -0.134. The van der Waals surface area contributed by atoms with E-state index in [4.69, 9.17) is 0 Å². The van der Waals surface area contributed by atoms with E-state index in [1.165, 1.54) is 5.56 Å². The molecule has 0 saturated carbocycles. The van der Waals surface area contributed by atoms with Gasteiger partial charge < -0.3 is 4.90 Å². The monoisotopic (exact) mass is 362 g/mol. The van der Waals surface area contributed by atoms with E-state index in [0.717, 1.165) is 22.7 Å². The van der Waals surface area contributed by atoms with E-state index in [2.05, 4.69) is 27.0 Å². The predicted molar refractivity (Wildman–Crippen MR) is 76.0 cm³/mol. The second-order valence-corrected chi connectivity index (χ2v) is 6.42. The Labute approximate surface area is 126 Å². The average Bonchev–Trinajstić information content (AvgIpc) is 2.88. The van der Waals surface area contributed by atoms with Crippen molar-refractivity contribution < 1.29 is 13.2 Å². The summed E-state index contributed by atoms with van der Waals surface area (Å²) in [5.74, 6) is 0. The number of hydrogen-bond donors (Lipinski definition) is 0. The average molecular weight is 363 g/mol. The normalized spacial score (nSPS) is 15.3. The maximum atomic E-state index is 12.6. The third-order valence-corrected chi connectivity index (χ3v) is 5.11. The van der Waals surface area contributed by atoms with Crippen LogP contribution in [-0.2, 0) is 19.1 Å². The maximum absolute atomic E-state index is 12.6. The highest BCUT2D eigenvalue weighted by atomic mass is 79.9. The molecular weight excluding hydrogens is 353 g/mol. The van der Waals surface area contributed by atoms with Crippen molar-refractivity contribution in [2.75, 3.05) is 11.4 Å². The fourth-order valence-corrected chi connectivity index (χ4v) is 3.59. The van der Waals surface area contributed by atoms with E-state index >= 15 is 0 Å². The minimum Gasteiger partial charge on any atom is -0.343 e. The zero-order valence-electron chi connectivity index (χ0n) is 10.2. The summed E-state index contributed by atoms with van der Waals surface area (Å²) in [4.78, 5) is 5.17. The van der Waals surface area contributed by atoms with Gasteiger partial charge in [0.15, 0.2) is 5.13 Å². The van der Waals surface area contributed by atoms with Crippen molar-refractivity contribution in [3.8, 4) is 0 Å². The lowest BCUT2D eigenvalue weighted by Crippen LogP contribution is -2.30. The molecule has 2 heterocycles. The summed E-state index contributed by atoms with van der Waals surface area (Å²) in [5, 5.41) is 0.429. The molecule has 7 heteroatoms.